The molecule has 0 aliphatic rings. The lowest BCUT2D eigenvalue weighted by Crippen LogP contribution is -2.21. The number of pyridine rings is 4. The number of carbonyl (C=O) groups excluding carboxylic acids is 2. The molecule has 0 unspecified atom stereocenters. The van der Waals surface area contributed by atoms with Crippen molar-refractivity contribution in [3.05, 3.63) is 125 Å². The first-order chi connectivity index (χ1) is 22.4. The van der Waals surface area contributed by atoms with E-state index in [1.807, 2.05) is 26.0 Å². The summed E-state index contributed by atoms with van der Waals surface area (Å²) in [5.74, 6) is 0.236. The fourth-order valence-corrected chi connectivity index (χ4v) is 5.09. The van der Waals surface area contributed by atoms with Crippen LogP contribution >= 0.6 is 15.9 Å². The summed E-state index contributed by atoms with van der Waals surface area (Å²) in [5.41, 5.74) is 0.608. The number of carbonyl (C=O) groups is 2. The van der Waals surface area contributed by atoms with Crippen LogP contribution in [-0.4, -0.2) is 37.6 Å². The Morgan fingerprint density at radius 3 is 1.83 bits per heavy atom. The summed E-state index contributed by atoms with van der Waals surface area (Å²) >= 11 is 3.35. The van der Waals surface area contributed by atoms with Crippen molar-refractivity contribution in [3.63, 3.8) is 0 Å². The summed E-state index contributed by atoms with van der Waals surface area (Å²) in [6.07, 6.45) is 7.71. The minimum Gasteiger partial charge on any atom is -0.506 e. The van der Waals surface area contributed by atoms with E-state index in [2.05, 4.69) is 35.9 Å². The van der Waals surface area contributed by atoms with Gasteiger partial charge in [-0.1, -0.05) is 24.3 Å². The smallest absolute Gasteiger partial charge is 0.150 e. The molecule has 47 heavy (non-hydrogen) atoms. The average Bonchev–Trinajstić information content (AvgIpc) is 3.06. The van der Waals surface area contributed by atoms with Crippen LogP contribution in [0.2, 0.25) is 0 Å². The molecule has 0 radical (unpaired) electrons. The van der Waals surface area contributed by atoms with Gasteiger partial charge in [0.2, 0.25) is 0 Å². The van der Waals surface area contributed by atoms with Gasteiger partial charge in [-0.2, -0.15) is 0 Å². The fraction of sp³-hybridized carbons (Fsp3) is 0.167. The Hall–Kier alpha value is -5.16. The highest BCUT2D eigenvalue weighted by molar-refractivity contribution is 9.10. The van der Waals surface area contributed by atoms with E-state index in [1.54, 1.807) is 68.7 Å². The van der Waals surface area contributed by atoms with Crippen molar-refractivity contribution in [2.75, 3.05) is 0 Å². The molecule has 4 heterocycles. The second-order valence-electron chi connectivity index (χ2n) is 11.5. The quantitative estimate of drug-likeness (QED) is 0.172. The Labute approximate surface area is 278 Å². The summed E-state index contributed by atoms with van der Waals surface area (Å²) in [5, 5.41) is 10.3. The predicted molar refractivity (Wildman–Crippen MR) is 179 cm³/mol. The van der Waals surface area contributed by atoms with E-state index in [9.17, 15) is 18.4 Å². The Morgan fingerprint density at radius 2 is 1.23 bits per heavy atom. The molecule has 2 aromatic carbocycles. The molecule has 0 fully saturated rings. The lowest BCUT2D eigenvalue weighted by atomic mass is 9.90. The van der Waals surface area contributed by atoms with Gasteiger partial charge in [0.05, 0.1) is 34.6 Å². The van der Waals surface area contributed by atoms with Crippen molar-refractivity contribution < 1.29 is 28.2 Å². The lowest BCUT2D eigenvalue weighted by molar-refractivity contribution is -0.112. The maximum Gasteiger partial charge on any atom is 0.150 e. The number of aromatic nitrogens is 4. The number of rotatable bonds is 6. The molecule has 6 rings (SSSR count). The molecule has 0 amide bonds. The summed E-state index contributed by atoms with van der Waals surface area (Å²) in [7, 11) is 0. The highest BCUT2D eigenvalue weighted by Gasteiger charge is 2.26. The molecule has 0 saturated carbocycles. The Bertz CT molecular complexity index is 2040. The van der Waals surface area contributed by atoms with Gasteiger partial charge in [0.25, 0.3) is 0 Å². The third-order valence-corrected chi connectivity index (χ3v) is 7.49. The van der Waals surface area contributed by atoms with Crippen molar-refractivity contribution in [3.8, 4) is 17.2 Å². The molecule has 11 heteroatoms. The van der Waals surface area contributed by atoms with Crippen LogP contribution in [0.3, 0.4) is 0 Å². The summed E-state index contributed by atoms with van der Waals surface area (Å²) in [4.78, 5) is 38.3. The lowest BCUT2D eigenvalue weighted by Gasteiger charge is -2.19. The minimum atomic E-state index is -0.771. The molecular formula is C36H31BrF2N4O4. The van der Waals surface area contributed by atoms with E-state index >= 15 is 0 Å². The van der Waals surface area contributed by atoms with Gasteiger partial charge in [0.15, 0.2) is 0 Å². The molecule has 0 atom stereocenters. The van der Waals surface area contributed by atoms with Crippen molar-refractivity contribution >= 4 is 50.3 Å². The van der Waals surface area contributed by atoms with Crippen LogP contribution in [-0.2, 0) is 20.4 Å². The van der Waals surface area contributed by atoms with E-state index in [1.165, 1.54) is 30.6 Å². The van der Waals surface area contributed by atoms with Gasteiger partial charge in [0, 0.05) is 27.6 Å². The average molecular weight is 702 g/mol. The van der Waals surface area contributed by atoms with Gasteiger partial charge in [-0.05, 0) is 92.2 Å². The highest BCUT2D eigenvalue weighted by Crippen LogP contribution is 2.32. The van der Waals surface area contributed by atoms with Crippen molar-refractivity contribution in [2.24, 2.45) is 0 Å². The molecule has 0 spiro atoms. The molecule has 0 bridgehead atoms. The molecule has 0 aliphatic carbocycles. The standard InChI is InChI=1S/C18H15FN2O2.C9H10BrNO.C9H6FNO/c1-18(2,11-22)17-15(7-4-8-20-17)23-13-9-12-5-3-6-14(19)16(12)21-10-13;1-9(2,6-12)8-7(10)4-3-5-11-8;10-8-3-1-2-6-4-7(12)5-11-9(6)8/h3-11H,1-2H3;3-6H,1-2H3;1-5,12H. The van der Waals surface area contributed by atoms with Crippen LogP contribution in [0.15, 0.2) is 102 Å². The van der Waals surface area contributed by atoms with E-state index in [0.29, 0.717) is 33.5 Å². The Morgan fingerprint density at radius 1 is 0.702 bits per heavy atom. The molecule has 240 valence electrons. The molecule has 6 aromatic rings. The van der Waals surface area contributed by atoms with E-state index in [-0.39, 0.29) is 22.9 Å². The summed E-state index contributed by atoms with van der Waals surface area (Å²) < 4.78 is 33.3. The van der Waals surface area contributed by atoms with Gasteiger partial charge < -0.3 is 19.4 Å². The number of ether oxygens (including phenoxy) is 1. The zero-order valence-corrected chi connectivity index (χ0v) is 27.6. The van der Waals surface area contributed by atoms with Crippen LogP contribution in [0.1, 0.15) is 39.1 Å². The van der Waals surface area contributed by atoms with Crippen LogP contribution < -0.4 is 4.74 Å². The number of benzene rings is 2. The van der Waals surface area contributed by atoms with Crippen molar-refractivity contribution in [1.82, 2.24) is 19.9 Å². The summed E-state index contributed by atoms with van der Waals surface area (Å²) in [6, 6.07) is 19.7. The third-order valence-electron chi connectivity index (χ3n) is 6.85. The van der Waals surface area contributed by atoms with E-state index in [4.69, 9.17) is 9.84 Å². The first-order valence-corrected chi connectivity index (χ1v) is 15.1. The minimum absolute atomic E-state index is 0.0492. The molecule has 0 aliphatic heterocycles. The van der Waals surface area contributed by atoms with Gasteiger partial charge in [-0.3, -0.25) is 9.97 Å². The maximum atomic E-state index is 13.7. The second-order valence-corrected chi connectivity index (χ2v) is 12.3. The van der Waals surface area contributed by atoms with Gasteiger partial charge in [-0.15, -0.1) is 0 Å². The zero-order valence-electron chi connectivity index (χ0n) is 26.0. The molecule has 4 aromatic heterocycles. The number of halogens is 3. The third kappa shape index (κ3) is 8.56. The second kappa shape index (κ2) is 15.0. The maximum absolute atomic E-state index is 13.7. The molecule has 0 saturated heterocycles. The van der Waals surface area contributed by atoms with E-state index < -0.39 is 10.8 Å². The topological polar surface area (TPSA) is 115 Å². The number of aldehydes is 2. The van der Waals surface area contributed by atoms with Crippen molar-refractivity contribution in [2.45, 2.75) is 38.5 Å². The highest BCUT2D eigenvalue weighted by atomic mass is 79.9. The number of hydrogen-bond donors (Lipinski definition) is 1. The van der Waals surface area contributed by atoms with Gasteiger partial charge >= 0.3 is 0 Å². The largest absolute Gasteiger partial charge is 0.506 e. The SMILES string of the molecule is CC(C)(C=O)c1ncccc1Br.CC(C)(C=O)c1ncccc1Oc1cnc2c(F)cccc2c1.Oc1cnc2c(F)cccc2c1. The Kier molecular flexibility index (Phi) is 11.0. The predicted octanol–water partition coefficient (Wildman–Crippen LogP) is 8.44. The normalized spacial score (nSPS) is 11.1. The van der Waals surface area contributed by atoms with E-state index in [0.717, 1.165) is 22.7 Å². The first kappa shape index (κ1) is 34.7. The van der Waals surface area contributed by atoms with Gasteiger partial charge in [-0.25, -0.2) is 18.7 Å². The van der Waals surface area contributed by atoms with Crippen LogP contribution in [0.4, 0.5) is 8.78 Å². The van der Waals surface area contributed by atoms with Crippen LogP contribution in [0.5, 0.6) is 17.2 Å². The molecule has 1 N–H and O–H groups in total. The summed E-state index contributed by atoms with van der Waals surface area (Å²) in [6.45, 7) is 7.21. The monoisotopic (exact) mass is 700 g/mol. The van der Waals surface area contributed by atoms with Gasteiger partial charge in [0.1, 0.15) is 52.5 Å². The Balaban J connectivity index is 0.000000176. The fourth-order valence-electron chi connectivity index (χ4n) is 4.33. The van der Waals surface area contributed by atoms with Crippen molar-refractivity contribution in [1.29, 1.82) is 0 Å². The first-order valence-electron chi connectivity index (χ1n) is 14.3. The number of fused-ring (bicyclic) bond motifs is 2. The van der Waals surface area contributed by atoms with Crippen LogP contribution in [0.25, 0.3) is 21.8 Å². The zero-order chi connectivity index (χ0) is 34.2. The number of nitrogens with zero attached hydrogens (tertiary/aromatic N) is 4. The van der Waals surface area contributed by atoms with Crippen LogP contribution in [0, 0.1) is 11.6 Å². The molecular weight excluding hydrogens is 670 g/mol. The number of aromatic hydroxyl groups is 1. The number of para-hydroxylation sites is 2. The molecule has 8 nitrogen and oxygen atoms in total. The number of hydrogen-bond acceptors (Lipinski definition) is 8.